The fourth-order valence-corrected chi connectivity index (χ4v) is 3.82. The molecule has 0 spiro atoms. The number of hydrogen-bond acceptors (Lipinski definition) is 5. The van der Waals surface area contributed by atoms with Gasteiger partial charge in [-0.1, -0.05) is 41.9 Å². The molecule has 0 bridgehead atoms. The molecule has 0 saturated carbocycles. The van der Waals surface area contributed by atoms with Crippen molar-refractivity contribution in [1.82, 2.24) is 0 Å². The Kier molecular flexibility index (Phi) is 4.58. The van der Waals surface area contributed by atoms with Crippen LogP contribution in [0.25, 0.3) is 0 Å². The lowest BCUT2D eigenvalue weighted by Gasteiger charge is -2.40. The van der Waals surface area contributed by atoms with Crippen molar-refractivity contribution >= 4 is 11.6 Å². The van der Waals surface area contributed by atoms with Crippen LogP contribution in [0.1, 0.15) is 36.7 Å². The van der Waals surface area contributed by atoms with E-state index in [0.29, 0.717) is 29.0 Å². The van der Waals surface area contributed by atoms with Crippen LogP contribution < -0.4 is 0 Å². The molecule has 6 heteroatoms. The van der Waals surface area contributed by atoms with Crippen molar-refractivity contribution in [3.05, 3.63) is 69.2 Å². The molecule has 2 aromatic rings. The Hall–Kier alpha value is -1.47. The Morgan fingerprint density at radius 2 is 1.85 bits per heavy atom. The first-order valence-electron chi connectivity index (χ1n) is 9.92. The minimum absolute atomic E-state index is 0.427. The highest BCUT2D eigenvalue weighted by Crippen LogP contribution is 2.34. The normalized spacial score (nSPS) is 32.9. The minimum atomic E-state index is -1.44. The molecule has 0 amide bonds. The van der Waals surface area contributed by atoms with E-state index < -0.39 is 43.5 Å². The Bertz CT molecular complexity index is 920. The van der Waals surface area contributed by atoms with Crippen molar-refractivity contribution < 1.29 is 27.9 Å². The summed E-state index contributed by atoms with van der Waals surface area (Å²) in [6, 6.07) is 10.9. The predicted molar refractivity (Wildman–Crippen MR) is 101 cm³/mol. The van der Waals surface area contributed by atoms with Gasteiger partial charge in [0.2, 0.25) is 0 Å². The Morgan fingerprint density at radius 1 is 1.04 bits per heavy atom. The number of rotatable bonds is 4. The maximum atomic E-state index is 10.4. The van der Waals surface area contributed by atoms with Crippen LogP contribution in [0.5, 0.6) is 0 Å². The maximum Gasteiger partial charge on any atom is 0.113 e. The second-order valence-corrected chi connectivity index (χ2v) is 7.53. The third-order valence-corrected chi connectivity index (χ3v) is 5.70. The Morgan fingerprint density at radius 3 is 2.59 bits per heavy atom. The first kappa shape index (κ1) is 16.5. The van der Waals surface area contributed by atoms with Crippen LogP contribution in [0.15, 0.2) is 36.4 Å². The fraction of sp³-hybridized carbons (Fsp3) is 0.429. The van der Waals surface area contributed by atoms with Gasteiger partial charge in [-0.2, -0.15) is 0 Å². The number of ether oxygens (including phenoxy) is 1. The van der Waals surface area contributed by atoms with Crippen molar-refractivity contribution in [2.75, 3.05) is 6.61 Å². The van der Waals surface area contributed by atoms with Gasteiger partial charge in [0.05, 0.1) is 6.61 Å². The Labute approximate surface area is 165 Å². The van der Waals surface area contributed by atoms with Crippen LogP contribution in [-0.2, 0) is 24.0 Å². The summed E-state index contributed by atoms with van der Waals surface area (Å²) in [5.41, 5.74) is 3.97. The van der Waals surface area contributed by atoms with Gasteiger partial charge in [0.15, 0.2) is 0 Å². The van der Waals surface area contributed by atoms with E-state index in [1.807, 2.05) is 18.2 Å². The van der Waals surface area contributed by atoms with E-state index in [-0.39, 0.29) is 0 Å². The number of halogens is 1. The molecule has 0 unspecified atom stereocenters. The molecular formula is C21H23ClO5. The van der Waals surface area contributed by atoms with Gasteiger partial charge in [-0.3, -0.25) is 0 Å². The molecule has 27 heavy (non-hydrogen) atoms. The highest BCUT2D eigenvalue weighted by molar-refractivity contribution is 6.31. The lowest BCUT2D eigenvalue weighted by Crippen LogP contribution is -2.55. The number of aryl methyl sites for hydroxylation is 2. The third kappa shape index (κ3) is 3.51. The summed E-state index contributed by atoms with van der Waals surface area (Å²) < 4.78 is 21.6. The predicted octanol–water partition coefficient (Wildman–Crippen LogP) is 1.54. The van der Waals surface area contributed by atoms with E-state index in [2.05, 4.69) is 0 Å². The SMILES string of the molecule is [2H]C1([2H])Cc2ccc(Cc3cc([C@@H]4O[C@H](CO)[C@@H](O)[C@H](O)[C@H]4O)ccc3Cl)cc21. The van der Waals surface area contributed by atoms with Gasteiger partial charge >= 0.3 is 0 Å². The molecule has 1 heterocycles. The standard InChI is InChI=1S/C21H23ClO5/c22-16-6-5-14(21-20(26)19(25)18(24)17(10-23)27-21)9-15(16)8-11-1-2-12-3-4-13(12)7-11/h1-2,5-7,9,17-21,23-26H,3-4,8,10H2/t17-,18-,19+,20-,21+/m1/s1/i4D2. The summed E-state index contributed by atoms with van der Waals surface area (Å²) >= 11 is 6.36. The molecular weight excluding hydrogens is 368 g/mol. The summed E-state index contributed by atoms with van der Waals surface area (Å²) in [5.74, 6) is 0. The largest absolute Gasteiger partial charge is 0.394 e. The molecule has 0 aromatic heterocycles. The lowest BCUT2D eigenvalue weighted by molar-refractivity contribution is -0.231. The zero-order valence-electron chi connectivity index (χ0n) is 16.5. The van der Waals surface area contributed by atoms with Crippen LogP contribution in [0, 0.1) is 0 Å². The van der Waals surface area contributed by atoms with Crippen LogP contribution in [0.2, 0.25) is 5.02 Å². The zero-order chi connectivity index (χ0) is 20.9. The number of benzene rings is 2. The van der Waals surface area contributed by atoms with E-state index >= 15 is 0 Å². The highest BCUT2D eigenvalue weighted by atomic mass is 35.5. The van der Waals surface area contributed by atoms with Crippen LogP contribution in [0.3, 0.4) is 0 Å². The van der Waals surface area contributed by atoms with Gasteiger partial charge in [-0.05, 0) is 53.1 Å². The molecule has 5 atom stereocenters. The van der Waals surface area contributed by atoms with Gasteiger partial charge in [0.25, 0.3) is 0 Å². The first-order chi connectivity index (χ1) is 13.7. The van der Waals surface area contributed by atoms with E-state index in [9.17, 15) is 20.4 Å². The third-order valence-electron chi connectivity index (χ3n) is 5.33. The summed E-state index contributed by atoms with van der Waals surface area (Å²) in [6.07, 6.45) is -6.52. The second-order valence-electron chi connectivity index (χ2n) is 7.12. The quantitative estimate of drug-likeness (QED) is 0.633. The zero-order valence-corrected chi connectivity index (χ0v) is 15.3. The molecule has 4 rings (SSSR count). The molecule has 1 fully saturated rings. The van der Waals surface area contributed by atoms with E-state index in [1.165, 1.54) is 0 Å². The number of hydrogen-bond donors (Lipinski definition) is 4. The van der Waals surface area contributed by atoms with E-state index in [4.69, 9.17) is 19.1 Å². The van der Waals surface area contributed by atoms with Crippen molar-refractivity contribution in [2.45, 2.75) is 49.7 Å². The first-order valence-corrected chi connectivity index (χ1v) is 9.30. The van der Waals surface area contributed by atoms with E-state index in [0.717, 1.165) is 16.7 Å². The molecule has 2 aromatic carbocycles. The van der Waals surface area contributed by atoms with Crippen molar-refractivity contribution in [3.63, 3.8) is 0 Å². The molecule has 144 valence electrons. The molecule has 5 nitrogen and oxygen atoms in total. The van der Waals surface area contributed by atoms with Crippen molar-refractivity contribution in [2.24, 2.45) is 0 Å². The highest BCUT2D eigenvalue weighted by Gasteiger charge is 2.44. The molecule has 1 saturated heterocycles. The summed E-state index contributed by atoms with van der Waals surface area (Å²) in [4.78, 5) is 0. The van der Waals surface area contributed by atoms with Gasteiger partial charge in [0.1, 0.15) is 30.5 Å². The summed E-state index contributed by atoms with van der Waals surface area (Å²) in [5, 5.41) is 40.3. The molecule has 4 N–H and O–H groups in total. The second kappa shape index (κ2) is 7.51. The maximum absolute atomic E-state index is 10.4. The van der Waals surface area contributed by atoms with Gasteiger partial charge < -0.3 is 25.2 Å². The van der Waals surface area contributed by atoms with Gasteiger partial charge in [-0.25, -0.2) is 0 Å². The fourth-order valence-electron chi connectivity index (χ4n) is 3.64. The summed E-state index contributed by atoms with van der Waals surface area (Å²) in [7, 11) is 0. The molecule has 1 aliphatic carbocycles. The van der Waals surface area contributed by atoms with Gasteiger partial charge in [-0.15, -0.1) is 0 Å². The average Bonchev–Trinajstić information content (AvgIpc) is 2.69. The topological polar surface area (TPSA) is 90.2 Å². The monoisotopic (exact) mass is 392 g/mol. The summed E-state index contributed by atoms with van der Waals surface area (Å²) in [6.45, 7) is -0.487. The van der Waals surface area contributed by atoms with Crippen molar-refractivity contribution in [3.8, 4) is 0 Å². The van der Waals surface area contributed by atoms with Crippen LogP contribution >= 0.6 is 11.6 Å². The van der Waals surface area contributed by atoms with Crippen LogP contribution in [-0.4, -0.2) is 51.4 Å². The smallest absolute Gasteiger partial charge is 0.113 e. The van der Waals surface area contributed by atoms with Gasteiger partial charge in [0, 0.05) is 7.76 Å². The van der Waals surface area contributed by atoms with Crippen LogP contribution in [0.4, 0.5) is 0 Å². The number of aliphatic hydroxyl groups excluding tert-OH is 4. The Balaban J connectivity index is 1.61. The average molecular weight is 393 g/mol. The number of aliphatic hydroxyl groups is 4. The lowest BCUT2D eigenvalue weighted by atomic mass is 9.86. The van der Waals surface area contributed by atoms with Crippen molar-refractivity contribution in [1.29, 1.82) is 0 Å². The van der Waals surface area contributed by atoms with E-state index in [1.54, 1.807) is 18.2 Å². The molecule has 0 radical (unpaired) electrons. The molecule has 2 aliphatic rings. The number of fused-ring (bicyclic) bond motifs is 1. The minimum Gasteiger partial charge on any atom is -0.394 e. The molecule has 1 aliphatic heterocycles.